The van der Waals surface area contributed by atoms with E-state index < -0.39 is 0 Å². The summed E-state index contributed by atoms with van der Waals surface area (Å²) in [5.41, 5.74) is 6.86. The first-order valence-electron chi connectivity index (χ1n) is 2.58. The molecule has 0 bridgehead atoms. The lowest BCUT2D eigenvalue weighted by molar-refractivity contribution is 0.322. The molecule has 6 heavy (non-hydrogen) atoms. The Hall–Kier alpha value is -0.0400. The molecule has 0 aromatic rings. The van der Waals surface area contributed by atoms with Crippen LogP contribution >= 0.6 is 0 Å². The zero-order valence-corrected chi connectivity index (χ0v) is 3.91. The van der Waals surface area contributed by atoms with Gasteiger partial charge in [-0.05, 0) is 18.8 Å². The van der Waals surface area contributed by atoms with E-state index in [1.165, 1.54) is 19.3 Å². The van der Waals surface area contributed by atoms with Crippen molar-refractivity contribution in [3.63, 3.8) is 0 Å². The largest absolute Gasteiger partial charge is 0.258 e. The summed E-state index contributed by atoms with van der Waals surface area (Å²) in [5, 5.41) is 0. The van der Waals surface area contributed by atoms with Gasteiger partial charge in [-0.3, -0.25) is 5.73 Å². The maximum absolute atomic E-state index is 6.86. The van der Waals surface area contributed by atoms with Gasteiger partial charge in [0, 0.05) is 6.54 Å². The molecular weight excluding hydrogens is 74.1 g/mol. The smallest absolute Gasteiger partial charge is 0.0128 e. The second-order valence-electron chi connectivity index (χ2n) is 2.00. The van der Waals surface area contributed by atoms with Crippen molar-refractivity contribution in [2.24, 2.45) is 5.92 Å². The average Bonchev–Trinajstić information content (AvgIpc) is 1.31. The van der Waals surface area contributed by atoms with E-state index in [9.17, 15) is 0 Å². The Bertz CT molecular complexity index is 36.4. The van der Waals surface area contributed by atoms with Gasteiger partial charge >= 0.3 is 0 Å². The fourth-order valence-corrected chi connectivity index (χ4v) is 0.697. The predicted octanol–water partition coefficient (Wildman–Crippen LogP) is 1.07. The third-order valence-corrected chi connectivity index (χ3v) is 1.51. The molecule has 1 aliphatic carbocycles. The third-order valence-electron chi connectivity index (χ3n) is 1.51. The number of nitrogens with one attached hydrogen (secondary N) is 1. The van der Waals surface area contributed by atoms with Crippen molar-refractivity contribution in [2.45, 2.75) is 19.3 Å². The SMILES string of the molecule is [NH]CC1CCC1. The highest BCUT2D eigenvalue weighted by molar-refractivity contribution is 4.68. The van der Waals surface area contributed by atoms with Crippen molar-refractivity contribution in [1.29, 1.82) is 0 Å². The standard InChI is InChI=1S/C5H10N/c6-4-5-2-1-3-5/h5-6H,1-4H2. The van der Waals surface area contributed by atoms with E-state index in [1.54, 1.807) is 0 Å². The fourth-order valence-electron chi connectivity index (χ4n) is 0.697. The monoisotopic (exact) mass is 84.1 g/mol. The molecule has 0 spiro atoms. The maximum Gasteiger partial charge on any atom is 0.0128 e. The van der Waals surface area contributed by atoms with Gasteiger partial charge in [-0.2, -0.15) is 0 Å². The second-order valence-corrected chi connectivity index (χ2v) is 2.00. The Balaban J connectivity index is 2.01. The van der Waals surface area contributed by atoms with E-state index in [4.69, 9.17) is 5.73 Å². The van der Waals surface area contributed by atoms with E-state index in [0.717, 1.165) is 5.92 Å². The summed E-state index contributed by atoms with van der Waals surface area (Å²) in [6.07, 6.45) is 4.02. The fraction of sp³-hybridized carbons (Fsp3) is 1.00. The Kier molecular flexibility index (Phi) is 1.10. The number of rotatable bonds is 1. The molecule has 1 N–H and O–H groups in total. The van der Waals surface area contributed by atoms with Gasteiger partial charge in [-0.15, -0.1) is 0 Å². The van der Waals surface area contributed by atoms with Crippen LogP contribution in [0.1, 0.15) is 19.3 Å². The van der Waals surface area contributed by atoms with Crippen LogP contribution in [-0.2, 0) is 0 Å². The normalized spacial score (nSPS) is 23.5. The average molecular weight is 84.1 g/mol. The summed E-state index contributed by atoms with van der Waals surface area (Å²) in [7, 11) is 0. The van der Waals surface area contributed by atoms with Gasteiger partial charge in [0.1, 0.15) is 0 Å². The first kappa shape index (κ1) is 4.13. The molecule has 1 saturated carbocycles. The van der Waals surface area contributed by atoms with Crippen molar-refractivity contribution < 1.29 is 0 Å². The molecule has 0 unspecified atom stereocenters. The Morgan fingerprint density at radius 3 is 2.17 bits per heavy atom. The van der Waals surface area contributed by atoms with Gasteiger partial charge in [0.25, 0.3) is 0 Å². The van der Waals surface area contributed by atoms with Crippen LogP contribution in [0.3, 0.4) is 0 Å². The van der Waals surface area contributed by atoms with E-state index in [-0.39, 0.29) is 0 Å². The summed E-state index contributed by atoms with van der Waals surface area (Å²) in [4.78, 5) is 0. The van der Waals surface area contributed by atoms with Crippen LogP contribution in [0.5, 0.6) is 0 Å². The van der Waals surface area contributed by atoms with Crippen LogP contribution in [0.15, 0.2) is 0 Å². The van der Waals surface area contributed by atoms with Crippen molar-refractivity contribution >= 4 is 0 Å². The molecule has 1 nitrogen and oxygen atoms in total. The topological polar surface area (TPSA) is 23.8 Å². The molecule has 0 aromatic carbocycles. The lowest BCUT2D eigenvalue weighted by Crippen LogP contribution is -2.15. The van der Waals surface area contributed by atoms with Crippen LogP contribution in [-0.4, -0.2) is 6.54 Å². The van der Waals surface area contributed by atoms with Crippen LogP contribution in [0.4, 0.5) is 0 Å². The van der Waals surface area contributed by atoms with Crippen molar-refractivity contribution in [2.75, 3.05) is 6.54 Å². The van der Waals surface area contributed by atoms with Crippen molar-refractivity contribution in [3.8, 4) is 0 Å². The molecule has 1 aliphatic rings. The van der Waals surface area contributed by atoms with E-state index >= 15 is 0 Å². The molecular formula is C5H10N. The molecule has 0 atom stereocenters. The van der Waals surface area contributed by atoms with E-state index in [1.807, 2.05) is 0 Å². The molecule has 0 heterocycles. The summed E-state index contributed by atoms with van der Waals surface area (Å²) in [5.74, 6) is 0.782. The van der Waals surface area contributed by atoms with E-state index in [0.29, 0.717) is 6.54 Å². The van der Waals surface area contributed by atoms with Gasteiger partial charge in [-0.1, -0.05) is 6.42 Å². The van der Waals surface area contributed by atoms with Gasteiger partial charge < -0.3 is 0 Å². The minimum atomic E-state index is 0.667. The molecule has 0 amide bonds. The molecule has 0 saturated heterocycles. The minimum Gasteiger partial charge on any atom is -0.258 e. The van der Waals surface area contributed by atoms with Gasteiger partial charge in [0.15, 0.2) is 0 Å². The lowest BCUT2D eigenvalue weighted by Gasteiger charge is -2.22. The van der Waals surface area contributed by atoms with Crippen LogP contribution in [0.25, 0.3) is 0 Å². The number of hydrogen-bond donors (Lipinski definition) is 0. The minimum absolute atomic E-state index is 0.667. The summed E-state index contributed by atoms with van der Waals surface area (Å²) in [6.45, 7) is 0.667. The predicted molar refractivity (Wildman–Crippen MR) is 25.3 cm³/mol. The Morgan fingerprint density at radius 1 is 1.50 bits per heavy atom. The maximum atomic E-state index is 6.86. The third kappa shape index (κ3) is 0.548. The molecule has 0 aliphatic heterocycles. The molecule has 0 aromatic heterocycles. The second kappa shape index (κ2) is 1.61. The highest BCUT2D eigenvalue weighted by Gasteiger charge is 2.14. The van der Waals surface area contributed by atoms with Gasteiger partial charge in [0.2, 0.25) is 0 Å². The summed E-state index contributed by atoms with van der Waals surface area (Å²) in [6, 6.07) is 0. The van der Waals surface area contributed by atoms with Crippen molar-refractivity contribution in [3.05, 3.63) is 0 Å². The zero-order valence-electron chi connectivity index (χ0n) is 3.91. The van der Waals surface area contributed by atoms with Crippen LogP contribution < -0.4 is 5.73 Å². The van der Waals surface area contributed by atoms with Crippen molar-refractivity contribution in [1.82, 2.24) is 5.73 Å². The lowest BCUT2D eigenvalue weighted by atomic mass is 9.86. The molecule has 1 heteroatoms. The van der Waals surface area contributed by atoms with Gasteiger partial charge in [0.05, 0.1) is 0 Å². The Morgan fingerprint density at radius 2 is 2.17 bits per heavy atom. The zero-order chi connectivity index (χ0) is 4.41. The highest BCUT2D eigenvalue weighted by atomic mass is 14.6. The quantitative estimate of drug-likeness (QED) is 0.454. The first-order chi connectivity index (χ1) is 2.93. The molecule has 1 radical (unpaired) electrons. The van der Waals surface area contributed by atoms with Gasteiger partial charge in [-0.25, -0.2) is 0 Å². The molecule has 1 rings (SSSR count). The Labute approximate surface area is 38.5 Å². The van der Waals surface area contributed by atoms with Crippen LogP contribution in [0.2, 0.25) is 0 Å². The number of hydrogen-bond acceptors (Lipinski definition) is 0. The molecule has 1 fully saturated rings. The van der Waals surface area contributed by atoms with E-state index in [2.05, 4.69) is 0 Å². The molecule has 35 valence electrons. The first-order valence-corrected chi connectivity index (χ1v) is 2.58. The summed E-state index contributed by atoms with van der Waals surface area (Å²) < 4.78 is 0. The highest BCUT2D eigenvalue weighted by Crippen LogP contribution is 2.24. The summed E-state index contributed by atoms with van der Waals surface area (Å²) >= 11 is 0. The van der Waals surface area contributed by atoms with Crippen LogP contribution in [0, 0.1) is 5.92 Å².